The van der Waals surface area contributed by atoms with Crippen molar-refractivity contribution in [1.82, 2.24) is 0 Å². The summed E-state index contributed by atoms with van der Waals surface area (Å²) in [6, 6.07) is 7.67. The highest BCUT2D eigenvalue weighted by Crippen LogP contribution is 2.17. The second kappa shape index (κ2) is 3.73. The average molecular weight is 205 g/mol. The van der Waals surface area contributed by atoms with Crippen LogP contribution < -0.4 is 4.90 Å². The maximum Gasteiger partial charge on any atom is 0.333 e. The van der Waals surface area contributed by atoms with Gasteiger partial charge in [-0.25, -0.2) is 9.59 Å². The zero-order chi connectivity index (χ0) is 10.8. The van der Waals surface area contributed by atoms with Crippen LogP contribution in [0.1, 0.15) is 5.56 Å². The van der Waals surface area contributed by atoms with Gasteiger partial charge >= 0.3 is 11.9 Å². The van der Waals surface area contributed by atoms with Crippen molar-refractivity contribution in [2.24, 2.45) is 0 Å². The van der Waals surface area contributed by atoms with Gasteiger partial charge in [-0.15, -0.1) is 0 Å². The Labute approximate surface area is 87.4 Å². The summed E-state index contributed by atoms with van der Waals surface area (Å²) < 4.78 is 4.45. The molecule has 4 heteroatoms. The zero-order valence-electron chi connectivity index (χ0n) is 8.40. The molecule has 0 N–H and O–H groups in total. The fourth-order valence-corrected chi connectivity index (χ4v) is 1.57. The number of carbonyl (C=O) groups excluding carboxylic acids is 2. The van der Waals surface area contributed by atoms with Gasteiger partial charge in [0.1, 0.15) is 13.1 Å². The summed E-state index contributed by atoms with van der Waals surface area (Å²) in [4.78, 5) is 23.8. The van der Waals surface area contributed by atoms with Gasteiger partial charge < -0.3 is 9.64 Å². The third kappa shape index (κ3) is 2.15. The number of nitrogens with zero attached hydrogens (tertiary/aromatic N) is 1. The normalized spacial score (nSPS) is 16.5. The van der Waals surface area contributed by atoms with Crippen LogP contribution in [0.15, 0.2) is 24.3 Å². The molecule has 15 heavy (non-hydrogen) atoms. The maximum absolute atomic E-state index is 11.1. The number of carbonyl (C=O) groups is 2. The fraction of sp³-hybridized carbons (Fsp3) is 0.273. The number of ether oxygens (including phenoxy) is 1. The quantitative estimate of drug-likeness (QED) is 0.504. The van der Waals surface area contributed by atoms with Crippen LogP contribution in [-0.4, -0.2) is 25.0 Å². The minimum absolute atomic E-state index is 0.134. The lowest BCUT2D eigenvalue weighted by atomic mass is 10.2. The van der Waals surface area contributed by atoms with Gasteiger partial charge in [-0.1, -0.05) is 12.1 Å². The first kappa shape index (κ1) is 9.71. The highest BCUT2D eigenvalue weighted by Gasteiger charge is 2.24. The Hall–Kier alpha value is -1.84. The second-order valence-corrected chi connectivity index (χ2v) is 3.54. The first-order chi connectivity index (χ1) is 7.15. The van der Waals surface area contributed by atoms with E-state index in [0.29, 0.717) is 0 Å². The molecule has 1 fully saturated rings. The van der Waals surface area contributed by atoms with Crippen molar-refractivity contribution < 1.29 is 14.3 Å². The SMILES string of the molecule is Cc1cccc(N2CC(=O)OC(=O)C2)c1. The Kier molecular flexibility index (Phi) is 2.41. The Bertz CT molecular complexity index is 398. The van der Waals surface area contributed by atoms with Crippen molar-refractivity contribution in [2.45, 2.75) is 6.92 Å². The molecular formula is C11H11NO3. The maximum atomic E-state index is 11.1. The Morgan fingerprint density at radius 1 is 1.20 bits per heavy atom. The van der Waals surface area contributed by atoms with E-state index >= 15 is 0 Å². The van der Waals surface area contributed by atoms with Crippen LogP contribution in [0.5, 0.6) is 0 Å². The van der Waals surface area contributed by atoms with Crippen LogP contribution in [0, 0.1) is 6.92 Å². The number of hydrogen-bond donors (Lipinski definition) is 0. The Balaban J connectivity index is 2.23. The topological polar surface area (TPSA) is 46.6 Å². The van der Waals surface area contributed by atoms with Crippen molar-refractivity contribution in [1.29, 1.82) is 0 Å². The number of hydrogen-bond acceptors (Lipinski definition) is 4. The molecule has 1 aromatic rings. The van der Waals surface area contributed by atoms with E-state index in [9.17, 15) is 9.59 Å². The molecule has 0 bridgehead atoms. The molecule has 0 radical (unpaired) electrons. The highest BCUT2D eigenvalue weighted by atomic mass is 16.6. The minimum Gasteiger partial charge on any atom is -0.390 e. The van der Waals surface area contributed by atoms with E-state index in [0.717, 1.165) is 11.3 Å². The summed E-state index contributed by atoms with van der Waals surface area (Å²) in [6.45, 7) is 2.23. The van der Waals surface area contributed by atoms with Crippen molar-refractivity contribution in [2.75, 3.05) is 18.0 Å². The van der Waals surface area contributed by atoms with E-state index in [1.54, 1.807) is 4.90 Å². The molecule has 0 aliphatic carbocycles. The van der Waals surface area contributed by atoms with Crippen LogP contribution in [-0.2, 0) is 14.3 Å². The Morgan fingerprint density at radius 3 is 2.47 bits per heavy atom. The molecule has 1 heterocycles. The first-order valence-electron chi connectivity index (χ1n) is 4.70. The van der Waals surface area contributed by atoms with Crippen molar-refractivity contribution >= 4 is 17.6 Å². The van der Waals surface area contributed by atoms with Crippen LogP contribution in [0.3, 0.4) is 0 Å². The summed E-state index contributed by atoms with van der Waals surface area (Å²) in [5.74, 6) is -0.986. The van der Waals surface area contributed by atoms with E-state index in [4.69, 9.17) is 0 Å². The molecule has 0 amide bonds. The molecule has 0 unspecified atom stereocenters. The molecule has 0 saturated carbocycles. The van der Waals surface area contributed by atoms with Gasteiger partial charge in [0.2, 0.25) is 0 Å². The van der Waals surface area contributed by atoms with Gasteiger partial charge in [0.15, 0.2) is 0 Å². The van der Waals surface area contributed by atoms with E-state index in [2.05, 4.69) is 4.74 Å². The monoisotopic (exact) mass is 205 g/mol. The van der Waals surface area contributed by atoms with Gasteiger partial charge in [-0.3, -0.25) is 0 Å². The summed E-state index contributed by atoms with van der Waals surface area (Å²) >= 11 is 0. The number of esters is 2. The van der Waals surface area contributed by atoms with E-state index < -0.39 is 11.9 Å². The molecular weight excluding hydrogens is 194 g/mol. The Morgan fingerprint density at radius 2 is 1.87 bits per heavy atom. The lowest BCUT2D eigenvalue weighted by Gasteiger charge is -2.26. The molecule has 2 rings (SSSR count). The second-order valence-electron chi connectivity index (χ2n) is 3.54. The molecule has 0 aromatic heterocycles. The van der Waals surface area contributed by atoms with Crippen LogP contribution >= 0.6 is 0 Å². The lowest BCUT2D eigenvalue weighted by Crippen LogP contribution is -2.42. The number of morpholine rings is 1. The fourth-order valence-electron chi connectivity index (χ4n) is 1.57. The summed E-state index contributed by atoms with van der Waals surface area (Å²) in [6.07, 6.45) is 0. The third-order valence-corrected chi connectivity index (χ3v) is 2.23. The number of aryl methyl sites for hydroxylation is 1. The minimum atomic E-state index is -0.493. The van der Waals surface area contributed by atoms with Crippen LogP contribution in [0.25, 0.3) is 0 Å². The number of rotatable bonds is 1. The first-order valence-corrected chi connectivity index (χ1v) is 4.70. The third-order valence-electron chi connectivity index (χ3n) is 2.23. The van der Waals surface area contributed by atoms with Crippen LogP contribution in [0.4, 0.5) is 5.69 Å². The van der Waals surface area contributed by atoms with Gasteiger partial charge in [-0.2, -0.15) is 0 Å². The van der Waals surface area contributed by atoms with Gasteiger partial charge in [-0.05, 0) is 24.6 Å². The number of benzene rings is 1. The van der Waals surface area contributed by atoms with Crippen molar-refractivity contribution in [3.63, 3.8) is 0 Å². The predicted octanol–water partition coefficient (Wildman–Crippen LogP) is 0.885. The summed E-state index contributed by atoms with van der Waals surface area (Å²) in [5.41, 5.74) is 1.97. The molecule has 0 atom stereocenters. The van der Waals surface area contributed by atoms with Crippen molar-refractivity contribution in [3.05, 3.63) is 29.8 Å². The van der Waals surface area contributed by atoms with Crippen LogP contribution in [0.2, 0.25) is 0 Å². The van der Waals surface area contributed by atoms with Gasteiger partial charge in [0, 0.05) is 5.69 Å². The number of cyclic esters (lactones) is 2. The van der Waals surface area contributed by atoms with Gasteiger partial charge in [0.05, 0.1) is 0 Å². The number of anilines is 1. The summed E-state index contributed by atoms with van der Waals surface area (Å²) in [5, 5.41) is 0. The molecule has 1 saturated heterocycles. The van der Waals surface area contributed by atoms with E-state index in [1.165, 1.54) is 0 Å². The largest absolute Gasteiger partial charge is 0.390 e. The molecule has 1 aliphatic heterocycles. The predicted molar refractivity (Wildman–Crippen MR) is 54.5 cm³/mol. The van der Waals surface area contributed by atoms with E-state index in [-0.39, 0.29) is 13.1 Å². The molecule has 0 spiro atoms. The van der Waals surface area contributed by atoms with Gasteiger partial charge in [0.25, 0.3) is 0 Å². The average Bonchev–Trinajstić information content (AvgIpc) is 2.16. The zero-order valence-corrected chi connectivity index (χ0v) is 8.40. The summed E-state index contributed by atoms with van der Waals surface area (Å²) in [7, 11) is 0. The molecule has 1 aliphatic rings. The molecule has 1 aromatic carbocycles. The lowest BCUT2D eigenvalue weighted by molar-refractivity contribution is -0.160. The smallest absolute Gasteiger partial charge is 0.333 e. The highest BCUT2D eigenvalue weighted by molar-refractivity contribution is 5.94. The van der Waals surface area contributed by atoms with Crippen molar-refractivity contribution in [3.8, 4) is 0 Å². The molecule has 4 nitrogen and oxygen atoms in total. The standard InChI is InChI=1S/C11H11NO3/c1-8-3-2-4-9(5-8)12-6-10(13)15-11(14)7-12/h2-5H,6-7H2,1H3. The van der Waals surface area contributed by atoms with E-state index in [1.807, 2.05) is 31.2 Å². The molecule has 78 valence electrons.